The van der Waals surface area contributed by atoms with Gasteiger partial charge < -0.3 is 9.42 Å². The van der Waals surface area contributed by atoms with Crippen LogP contribution >= 0.6 is 7.82 Å². The molecule has 6 nitrogen and oxygen atoms in total. The van der Waals surface area contributed by atoms with Crippen molar-refractivity contribution in [1.29, 1.82) is 5.26 Å². The second-order valence-corrected chi connectivity index (χ2v) is 9.48. The fraction of sp³-hybridized carbons (Fsp3) is 0.292. The summed E-state index contributed by atoms with van der Waals surface area (Å²) in [6.07, 6.45) is 3.00. The van der Waals surface area contributed by atoms with Gasteiger partial charge >= 0.3 is 7.82 Å². The predicted molar refractivity (Wildman–Crippen MR) is 119 cm³/mol. The molecule has 1 N–H and O–H groups in total. The molecule has 158 valence electrons. The lowest BCUT2D eigenvalue weighted by Gasteiger charge is -2.41. The molecule has 7 heteroatoms. The summed E-state index contributed by atoms with van der Waals surface area (Å²) >= 11 is 0. The molecule has 2 heterocycles. The molecule has 3 aromatic rings. The molecule has 0 aliphatic carbocycles. The Morgan fingerprint density at radius 3 is 2.26 bits per heavy atom. The maximum absolute atomic E-state index is 12.5. The minimum Gasteiger partial charge on any atom is -0.404 e. The second kappa shape index (κ2) is 8.01. The smallest absolute Gasteiger partial charge is 0.404 e. The predicted octanol–water partition coefficient (Wildman–Crippen LogP) is 5.41. The number of anilines is 1. The molecule has 2 unspecified atom stereocenters. The Morgan fingerprint density at radius 1 is 0.935 bits per heavy atom. The van der Waals surface area contributed by atoms with Gasteiger partial charge in [0.15, 0.2) is 0 Å². The summed E-state index contributed by atoms with van der Waals surface area (Å²) in [7, 11) is -4.20. The molecule has 2 fully saturated rings. The summed E-state index contributed by atoms with van der Waals surface area (Å²) < 4.78 is 23.4. The highest BCUT2D eigenvalue weighted by Gasteiger charge is 2.44. The number of benzene rings is 3. The third kappa shape index (κ3) is 3.93. The van der Waals surface area contributed by atoms with E-state index in [-0.39, 0.29) is 18.2 Å². The molecular weight excluding hydrogens is 411 g/mol. The van der Waals surface area contributed by atoms with Crippen LogP contribution in [0.3, 0.4) is 0 Å². The van der Waals surface area contributed by atoms with Crippen molar-refractivity contribution in [1.82, 2.24) is 0 Å². The van der Waals surface area contributed by atoms with E-state index in [1.807, 2.05) is 36.4 Å². The summed E-state index contributed by atoms with van der Waals surface area (Å²) in [4.78, 5) is 12.7. The SMILES string of the molecule is N#Cc1ccc(N2[C@@H]3CC[C@H]2CC(OP(=O)(O)Oc2ccccc2)C3)c2ccccc12. The lowest BCUT2D eigenvalue weighted by atomic mass is 9.96. The van der Waals surface area contributed by atoms with E-state index in [0.717, 1.165) is 29.3 Å². The van der Waals surface area contributed by atoms with Gasteiger partial charge in [0.1, 0.15) is 5.75 Å². The van der Waals surface area contributed by atoms with E-state index in [9.17, 15) is 14.7 Å². The van der Waals surface area contributed by atoms with Crippen molar-refractivity contribution in [2.24, 2.45) is 0 Å². The number of rotatable bonds is 5. The van der Waals surface area contributed by atoms with Crippen LogP contribution in [0.25, 0.3) is 10.8 Å². The number of phosphoric ester groups is 1. The number of nitrogens with zero attached hydrogens (tertiary/aromatic N) is 2. The number of piperidine rings is 1. The van der Waals surface area contributed by atoms with E-state index >= 15 is 0 Å². The topological polar surface area (TPSA) is 82.8 Å². The average Bonchev–Trinajstić information content (AvgIpc) is 3.03. The van der Waals surface area contributed by atoms with Crippen LogP contribution in [0.15, 0.2) is 66.7 Å². The van der Waals surface area contributed by atoms with Gasteiger partial charge in [-0.3, -0.25) is 9.42 Å². The van der Waals surface area contributed by atoms with Gasteiger partial charge in [0.05, 0.1) is 17.7 Å². The van der Waals surface area contributed by atoms with Gasteiger partial charge in [-0.25, -0.2) is 4.57 Å². The maximum Gasteiger partial charge on any atom is 0.527 e. The molecule has 0 amide bonds. The molecular formula is C24H23N2O4P. The number of para-hydroxylation sites is 1. The van der Waals surface area contributed by atoms with Gasteiger partial charge in [-0.1, -0.05) is 42.5 Å². The molecule has 0 saturated carbocycles. The zero-order valence-electron chi connectivity index (χ0n) is 16.9. The first kappa shape index (κ1) is 20.1. The van der Waals surface area contributed by atoms with Crippen molar-refractivity contribution in [3.05, 3.63) is 72.3 Å². The van der Waals surface area contributed by atoms with E-state index in [1.54, 1.807) is 24.3 Å². The minimum absolute atomic E-state index is 0.219. The summed E-state index contributed by atoms with van der Waals surface area (Å²) in [6.45, 7) is 0. The number of hydrogen-bond donors (Lipinski definition) is 1. The van der Waals surface area contributed by atoms with Crippen LogP contribution in [0.5, 0.6) is 5.75 Å². The van der Waals surface area contributed by atoms with Crippen molar-refractivity contribution >= 4 is 24.3 Å². The number of hydrogen-bond acceptors (Lipinski definition) is 5. The number of fused-ring (bicyclic) bond motifs is 3. The monoisotopic (exact) mass is 434 g/mol. The first-order valence-corrected chi connectivity index (χ1v) is 12.0. The van der Waals surface area contributed by atoms with Crippen molar-refractivity contribution in [3.63, 3.8) is 0 Å². The van der Waals surface area contributed by atoms with Crippen molar-refractivity contribution in [3.8, 4) is 11.8 Å². The van der Waals surface area contributed by atoms with Gasteiger partial charge in [0.25, 0.3) is 0 Å². The Morgan fingerprint density at radius 2 is 1.58 bits per heavy atom. The third-order valence-electron chi connectivity index (χ3n) is 6.24. The van der Waals surface area contributed by atoms with Crippen LogP contribution in [-0.4, -0.2) is 23.1 Å². The Labute approximate surface area is 181 Å². The van der Waals surface area contributed by atoms with Gasteiger partial charge in [0.2, 0.25) is 0 Å². The largest absolute Gasteiger partial charge is 0.527 e. The fourth-order valence-electron chi connectivity index (χ4n) is 5.04. The van der Waals surface area contributed by atoms with Crippen LogP contribution in [0.4, 0.5) is 5.69 Å². The standard InChI is InChI=1S/C24H23N2O4P/c25-16-17-10-13-24(23-9-5-4-8-22(17)23)26-18-11-12-19(26)15-21(14-18)30-31(27,28)29-20-6-2-1-3-7-20/h1-10,13,18-19,21H,11-12,14-15H2,(H,27,28)/t18-,19+,21?. The van der Waals surface area contributed by atoms with Gasteiger partial charge in [-0.2, -0.15) is 5.26 Å². The summed E-state index contributed by atoms with van der Waals surface area (Å²) in [6, 6.07) is 23.2. The first-order valence-electron chi connectivity index (χ1n) is 10.5. The van der Waals surface area contributed by atoms with Crippen LogP contribution in [0.2, 0.25) is 0 Å². The van der Waals surface area contributed by atoms with Crippen LogP contribution < -0.4 is 9.42 Å². The quantitative estimate of drug-likeness (QED) is 0.541. The zero-order chi connectivity index (χ0) is 21.4. The molecule has 2 aliphatic heterocycles. The van der Waals surface area contributed by atoms with Crippen molar-refractivity contribution in [2.45, 2.75) is 43.9 Å². The highest BCUT2D eigenvalue weighted by Crippen LogP contribution is 2.50. The van der Waals surface area contributed by atoms with Crippen molar-refractivity contribution in [2.75, 3.05) is 4.90 Å². The Kier molecular flexibility index (Phi) is 5.19. The average molecular weight is 434 g/mol. The van der Waals surface area contributed by atoms with Gasteiger partial charge in [-0.05, 0) is 49.9 Å². The molecule has 31 heavy (non-hydrogen) atoms. The third-order valence-corrected chi connectivity index (χ3v) is 7.24. The highest BCUT2D eigenvalue weighted by molar-refractivity contribution is 7.47. The molecule has 2 saturated heterocycles. The molecule has 4 atom stereocenters. The Hall–Kier alpha value is -2.84. The summed E-state index contributed by atoms with van der Waals surface area (Å²) in [5.74, 6) is 0.317. The first-order chi connectivity index (χ1) is 15.0. The molecule has 5 rings (SSSR count). The van der Waals surface area contributed by atoms with Crippen LogP contribution in [0, 0.1) is 11.3 Å². The van der Waals surface area contributed by atoms with Gasteiger partial charge in [-0.15, -0.1) is 0 Å². The maximum atomic E-state index is 12.5. The molecule has 0 aromatic heterocycles. The lowest BCUT2D eigenvalue weighted by molar-refractivity contribution is 0.105. The van der Waals surface area contributed by atoms with E-state index < -0.39 is 7.82 Å². The van der Waals surface area contributed by atoms with E-state index in [1.165, 1.54) is 0 Å². The van der Waals surface area contributed by atoms with E-state index in [4.69, 9.17) is 9.05 Å². The molecule has 0 radical (unpaired) electrons. The summed E-state index contributed by atoms with van der Waals surface area (Å²) in [5.41, 5.74) is 1.79. The number of phosphoric acid groups is 1. The lowest BCUT2D eigenvalue weighted by Crippen LogP contribution is -2.45. The molecule has 0 spiro atoms. The van der Waals surface area contributed by atoms with E-state index in [0.29, 0.717) is 24.2 Å². The fourth-order valence-corrected chi connectivity index (χ4v) is 6.02. The molecule has 2 aliphatic rings. The van der Waals surface area contributed by atoms with E-state index in [2.05, 4.69) is 17.0 Å². The second-order valence-electron chi connectivity index (χ2n) is 8.15. The normalized spacial score (nSPS) is 24.5. The summed E-state index contributed by atoms with van der Waals surface area (Å²) in [5, 5.41) is 11.5. The highest BCUT2D eigenvalue weighted by atomic mass is 31.2. The Balaban J connectivity index is 1.36. The zero-order valence-corrected chi connectivity index (χ0v) is 17.8. The van der Waals surface area contributed by atoms with Gasteiger partial charge in [0, 0.05) is 28.5 Å². The van der Waals surface area contributed by atoms with Crippen LogP contribution in [0.1, 0.15) is 31.2 Å². The Bertz CT molecular complexity index is 1180. The van der Waals surface area contributed by atoms with Crippen molar-refractivity contribution < 1.29 is 18.5 Å². The molecule has 3 aromatic carbocycles. The van der Waals surface area contributed by atoms with Crippen LogP contribution in [-0.2, 0) is 9.09 Å². The number of nitriles is 1. The minimum atomic E-state index is -4.20. The molecule has 2 bridgehead atoms.